The van der Waals surface area contributed by atoms with Crippen molar-refractivity contribution in [2.45, 2.75) is 42.1 Å². The van der Waals surface area contributed by atoms with Crippen LogP contribution in [0.5, 0.6) is 0 Å². The molecule has 1 aromatic rings. The molecule has 3 saturated heterocycles. The van der Waals surface area contributed by atoms with E-state index < -0.39 is 74.1 Å². The van der Waals surface area contributed by atoms with Crippen molar-refractivity contribution in [3.63, 3.8) is 0 Å². The molecule has 3 aliphatic rings. The minimum atomic E-state index is -3.91. The first-order chi connectivity index (χ1) is 18.1. The number of β-lactam (4-membered cyclic amide) rings is 1. The fourth-order valence-corrected chi connectivity index (χ4v) is 7.01. The first-order valence-corrected chi connectivity index (χ1v) is 14.3. The van der Waals surface area contributed by atoms with Crippen LogP contribution in [-0.4, -0.2) is 105 Å². The van der Waals surface area contributed by atoms with Gasteiger partial charge in [-0.15, -0.1) is 11.8 Å². The Kier molecular flexibility index (Phi) is 7.24. The van der Waals surface area contributed by atoms with E-state index in [0.717, 1.165) is 6.26 Å². The van der Waals surface area contributed by atoms with Crippen LogP contribution in [0.1, 0.15) is 25.5 Å². The third-order valence-corrected chi connectivity index (χ3v) is 9.10. The molecule has 39 heavy (non-hydrogen) atoms. The summed E-state index contributed by atoms with van der Waals surface area (Å²) in [6, 6.07) is 0.679. The third-order valence-electron chi connectivity index (χ3n) is 6.41. The number of nitrogens with zero attached hydrogens (tertiary/aromatic N) is 4. The predicted octanol–water partition coefficient (Wildman–Crippen LogP) is -0.882. The van der Waals surface area contributed by atoms with Gasteiger partial charge in [-0.2, -0.15) is 0 Å². The second-order valence-corrected chi connectivity index (χ2v) is 13.2. The number of hydrogen-bond donors (Lipinski definition) is 3. The number of carboxylic acid groups (broad SMARTS) is 1. The van der Waals surface area contributed by atoms with Crippen LogP contribution in [0.4, 0.5) is 14.4 Å². The highest BCUT2D eigenvalue weighted by Crippen LogP contribution is 2.51. The molecule has 7 amide bonds. The first-order valence-electron chi connectivity index (χ1n) is 11.6. The lowest BCUT2D eigenvalue weighted by Gasteiger charge is -2.42. The number of sulfonamides is 1. The summed E-state index contributed by atoms with van der Waals surface area (Å²) in [4.78, 5) is 67.6. The Morgan fingerprint density at radius 3 is 2.38 bits per heavy atom. The Labute approximate surface area is 227 Å². The highest BCUT2D eigenvalue weighted by atomic mass is 32.2. The normalized spacial score (nSPS) is 25.2. The predicted molar refractivity (Wildman–Crippen MR) is 135 cm³/mol. The fraction of sp³-hybridized carbons (Fsp3) is 0.455. The van der Waals surface area contributed by atoms with Gasteiger partial charge in [0.25, 0.3) is 5.91 Å². The molecule has 0 radical (unpaired) electrons. The van der Waals surface area contributed by atoms with Crippen LogP contribution in [0, 0.1) is 0 Å². The molecule has 0 aliphatic carbocycles. The van der Waals surface area contributed by atoms with E-state index in [-0.39, 0.29) is 18.7 Å². The summed E-state index contributed by atoms with van der Waals surface area (Å²) in [6.45, 7) is 2.80. The lowest BCUT2D eigenvalue weighted by molar-refractivity contribution is -0.222. The van der Waals surface area contributed by atoms with Crippen molar-refractivity contribution in [1.82, 2.24) is 24.7 Å². The van der Waals surface area contributed by atoms with Crippen molar-refractivity contribution < 1.29 is 42.6 Å². The number of benzene rings is 1. The second kappa shape index (κ2) is 10.0. The van der Waals surface area contributed by atoms with Crippen LogP contribution < -0.4 is 15.7 Å². The van der Waals surface area contributed by atoms with E-state index in [2.05, 4.69) is 10.3 Å². The minimum Gasteiger partial charge on any atom is -0.860 e. The summed E-state index contributed by atoms with van der Waals surface area (Å²) >= 11 is 1.20. The topological polar surface area (TPSA) is 209 Å². The maximum Gasteiger partial charge on any atom is 0.341 e. The van der Waals surface area contributed by atoms with E-state index in [1.54, 1.807) is 32.0 Å². The van der Waals surface area contributed by atoms with Crippen LogP contribution in [0.3, 0.4) is 0 Å². The summed E-state index contributed by atoms with van der Waals surface area (Å²) in [5, 5.41) is 26.3. The Hall–Kier alpha value is -3.86. The number of hydrogen-bond acceptors (Lipinski definition) is 10. The standard InChI is InChI=1S/C22H26N6O9S2/c1-22(2)14(18(31)32)28-16(30)13(17(28)38-22)23-15(29)12(11-7-5-4-6-8-11)24-19(33)25-20(34)26-9-10-27(21(26)35)39(3,36)37/h4-8,12-14,17H,9-10H2,1-3H3,(H,23,29)(H,31,32)(H2,24,25,33,34)/p-1/t12-,13-,14+,17-/m1/s1. The molecule has 0 aromatic heterocycles. The highest BCUT2D eigenvalue weighted by molar-refractivity contribution is 8.01. The van der Waals surface area contributed by atoms with Gasteiger partial charge in [0.1, 0.15) is 11.4 Å². The molecular formula is C22H25N6O9S2-. The van der Waals surface area contributed by atoms with E-state index in [1.807, 2.05) is 5.32 Å². The summed E-state index contributed by atoms with van der Waals surface area (Å²) in [6.07, 6.45) is 0.803. The van der Waals surface area contributed by atoms with Crippen molar-refractivity contribution in [1.29, 1.82) is 0 Å². The number of imide groups is 2. The number of amides is 7. The van der Waals surface area contributed by atoms with Crippen molar-refractivity contribution in [2.75, 3.05) is 19.3 Å². The number of thioether (sulfide) groups is 1. The number of aliphatic carboxylic acids is 1. The number of carboxylic acids is 1. The monoisotopic (exact) mass is 581 g/mol. The zero-order valence-corrected chi connectivity index (χ0v) is 22.6. The van der Waals surface area contributed by atoms with E-state index in [1.165, 1.54) is 28.8 Å². The molecule has 17 heteroatoms. The Morgan fingerprint density at radius 2 is 1.82 bits per heavy atom. The van der Waals surface area contributed by atoms with E-state index in [4.69, 9.17) is 0 Å². The van der Waals surface area contributed by atoms with Gasteiger partial charge in [-0.05, 0) is 25.3 Å². The van der Waals surface area contributed by atoms with Gasteiger partial charge >= 0.3 is 24.1 Å². The average molecular weight is 582 g/mol. The average Bonchev–Trinajstić information content (AvgIpc) is 3.36. The minimum absolute atomic E-state index is 0.276. The second-order valence-electron chi connectivity index (χ2n) is 9.53. The van der Waals surface area contributed by atoms with Gasteiger partial charge in [-0.3, -0.25) is 15.1 Å². The van der Waals surface area contributed by atoms with Gasteiger partial charge in [-0.1, -0.05) is 30.3 Å². The zero-order valence-electron chi connectivity index (χ0n) is 20.9. The molecule has 1 aromatic carbocycles. The Bertz CT molecular complexity index is 1370. The van der Waals surface area contributed by atoms with Crippen LogP contribution in [-0.2, 0) is 19.6 Å². The summed E-state index contributed by atoms with van der Waals surface area (Å²) in [5.41, 5.74) is 0.279. The lowest BCUT2D eigenvalue weighted by atomic mass is 9.96. The molecule has 0 bridgehead atoms. The molecule has 0 unspecified atom stereocenters. The number of fused-ring (bicyclic) bond motifs is 1. The molecule has 3 aliphatic heterocycles. The third kappa shape index (κ3) is 5.23. The van der Waals surface area contributed by atoms with Crippen molar-refractivity contribution >= 4 is 57.7 Å². The smallest absolute Gasteiger partial charge is 0.341 e. The number of carbonyl (C=O) groups excluding carboxylic acids is 4. The number of urea groups is 3. The van der Waals surface area contributed by atoms with Crippen molar-refractivity contribution in [3.05, 3.63) is 35.9 Å². The van der Waals surface area contributed by atoms with E-state index in [0.29, 0.717) is 9.21 Å². The molecule has 3 heterocycles. The van der Waals surface area contributed by atoms with Gasteiger partial charge in [0.05, 0.1) is 25.4 Å². The largest absolute Gasteiger partial charge is 0.860 e. The molecule has 3 N–H and O–H groups in total. The molecule has 210 valence electrons. The van der Waals surface area contributed by atoms with Crippen LogP contribution >= 0.6 is 11.8 Å². The number of rotatable bonds is 6. The van der Waals surface area contributed by atoms with Crippen LogP contribution in [0.2, 0.25) is 0 Å². The van der Waals surface area contributed by atoms with E-state index >= 15 is 0 Å². The van der Waals surface area contributed by atoms with Gasteiger partial charge in [0.15, 0.2) is 6.04 Å². The SMILES string of the molecule is CC1(C)S[C@@H]2[C@H](N=C([O-])[C@H](NC(=O)NC(=O)N3CCN(S(C)(=O)=O)C3=O)c3ccccc3)C(=O)N2[C@H]1C(=O)O. The number of aliphatic imine (C=N–C) groups is 1. The number of carbonyl (C=O) groups is 5. The first kappa shape index (κ1) is 28.2. The molecule has 4 rings (SSSR count). The lowest BCUT2D eigenvalue weighted by Crippen LogP contribution is -2.65. The van der Waals surface area contributed by atoms with Crippen LogP contribution in [0.15, 0.2) is 35.3 Å². The van der Waals surface area contributed by atoms with Crippen molar-refractivity contribution in [3.8, 4) is 0 Å². The molecule has 3 fully saturated rings. The summed E-state index contributed by atoms with van der Waals surface area (Å²) in [5.74, 6) is -2.72. The molecule has 0 saturated carbocycles. The molecule has 15 nitrogen and oxygen atoms in total. The summed E-state index contributed by atoms with van der Waals surface area (Å²) in [7, 11) is -3.91. The fourth-order valence-electron chi connectivity index (χ4n) is 4.60. The van der Waals surface area contributed by atoms with Crippen LogP contribution in [0.25, 0.3) is 0 Å². The van der Waals surface area contributed by atoms with E-state index in [9.17, 15) is 42.6 Å². The molecule has 0 spiro atoms. The Balaban J connectivity index is 1.50. The zero-order chi connectivity index (χ0) is 28.9. The van der Waals surface area contributed by atoms with Gasteiger partial charge in [-0.25, -0.2) is 36.8 Å². The van der Waals surface area contributed by atoms with Gasteiger partial charge < -0.3 is 20.4 Å². The molecule has 4 atom stereocenters. The maximum absolute atomic E-state index is 13.2. The number of nitrogens with one attached hydrogen (secondary N) is 2. The highest BCUT2D eigenvalue weighted by Gasteiger charge is 2.64. The maximum atomic E-state index is 13.2. The van der Waals surface area contributed by atoms with Gasteiger partial charge in [0.2, 0.25) is 10.0 Å². The summed E-state index contributed by atoms with van der Waals surface area (Å²) < 4.78 is 23.0. The van der Waals surface area contributed by atoms with Gasteiger partial charge in [0, 0.05) is 4.75 Å². The quantitative estimate of drug-likeness (QED) is 0.215. The van der Waals surface area contributed by atoms with Crippen molar-refractivity contribution in [2.24, 2.45) is 4.99 Å². The molecular weight excluding hydrogens is 556 g/mol. The Morgan fingerprint density at radius 1 is 1.18 bits per heavy atom.